The Kier molecular flexibility index (Phi) is 2.01. The van der Waals surface area contributed by atoms with Crippen molar-refractivity contribution in [1.82, 2.24) is 0 Å². The molecule has 1 unspecified atom stereocenters. The van der Waals surface area contributed by atoms with Crippen LogP contribution in [0.2, 0.25) is 0 Å². The van der Waals surface area contributed by atoms with E-state index >= 15 is 0 Å². The minimum Gasteiger partial charge on any atom is -0.469 e. The third kappa shape index (κ3) is 1.06. The number of methoxy groups -OCH3 is 2. The fourth-order valence-corrected chi connectivity index (χ4v) is 2.88. The maximum absolute atomic E-state index is 11.5. The van der Waals surface area contributed by atoms with Gasteiger partial charge in [0.05, 0.1) is 25.6 Å². The lowest BCUT2D eigenvalue weighted by atomic mass is 9.69. The average Bonchev–Trinajstić information content (AvgIpc) is 2.69. The summed E-state index contributed by atoms with van der Waals surface area (Å²) in [6.07, 6.45) is 2.19. The zero-order valence-corrected chi connectivity index (χ0v) is 8.41. The fourth-order valence-electron chi connectivity index (χ4n) is 2.88. The number of hydrogen-bond acceptors (Lipinski definition) is 4. The average molecular weight is 198 g/mol. The summed E-state index contributed by atoms with van der Waals surface area (Å²) in [4.78, 5) is 22.8. The van der Waals surface area contributed by atoms with Gasteiger partial charge < -0.3 is 9.47 Å². The molecule has 3 aliphatic rings. The highest BCUT2D eigenvalue weighted by Crippen LogP contribution is 2.62. The lowest BCUT2D eigenvalue weighted by Gasteiger charge is -2.35. The lowest BCUT2D eigenvalue weighted by Crippen LogP contribution is -2.37. The Hall–Kier alpha value is -1.06. The van der Waals surface area contributed by atoms with Crippen LogP contribution in [-0.4, -0.2) is 26.2 Å². The third-order valence-electron chi connectivity index (χ3n) is 3.61. The molecule has 0 heterocycles. The van der Waals surface area contributed by atoms with Crippen LogP contribution >= 0.6 is 0 Å². The topological polar surface area (TPSA) is 52.6 Å². The van der Waals surface area contributed by atoms with Crippen molar-refractivity contribution in [3.05, 3.63) is 0 Å². The van der Waals surface area contributed by atoms with Gasteiger partial charge in [-0.15, -0.1) is 0 Å². The Balaban J connectivity index is 2.07. The molecule has 0 spiro atoms. The standard InChI is InChI=1S/C10H14O4/c1-13-8(11)7-5-10(9(12)14-2)3-6(7)4-10/h6-7H,3-5H2,1-2H3. The van der Waals surface area contributed by atoms with Crippen molar-refractivity contribution in [3.8, 4) is 0 Å². The Morgan fingerprint density at radius 1 is 1.14 bits per heavy atom. The molecule has 0 aromatic carbocycles. The van der Waals surface area contributed by atoms with Gasteiger partial charge in [0, 0.05) is 0 Å². The maximum Gasteiger partial charge on any atom is 0.311 e. The summed E-state index contributed by atoms with van der Waals surface area (Å²) >= 11 is 0. The number of carbonyl (C=O) groups is 2. The summed E-state index contributed by atoms with van der Waals surface area (Å²) in [5, 5.41) is 0. The van der Waals surface area contributed by atoms with E-state index in [2.05, 4.69) is 0 Å². The van der Waals surface area contributed by atoms with Crippen LogP contribution in [0.4, 0.5) is 0 Å². The van der Waals surface area contributed by atoms with E-state index in [1.165, 1.54) is 14.2 Å². The first-order valence-electron chi connectivity index (χ1n) is 4.79. The first kappa shape index (κ1) is 9.49. The van der Waals surface area contributed by atoms with E-state index in [9.17, 15) is 9.59 Å². The molecule has 3 aliphatic carbocycles. The van der Waals surface area contributed by atoms with Crippen LogP contribution in [0.3, 0.4) is 0 Å². The van der Waals surface area contributed by atoms with Crippen molar-refractivity contribution in [1.29, 1.82) is 0 Å². The van der Waals surface area contributed by atoms with Crippen LogP contribution in [0, 0.1) is 17.3 Å². The molecule has 4 heteroatoms. The molecule has 0 saturated heterocycles. The van der Waals surface area contributed by atoms with Crippen molar-refractivity contribution >= 4 is 11.9 Å². The molecule has 0 N–H and O–H groups in total. The van der Waals surface area contributed by atoms with Gasteiger partial charge in [-0.05, 0) is 25.2 Å². The van der Waals surface area contributed by atoms with Crippen molar-refractivity contribution in [3.63, 3.8) is 0 Å². The van der Waals surface area contributed by atoms with Gasteiger partial charge in [0.25, 0.3) is 0 Å². The molecule has 0 aliphatic heterocycles. The molecule has 2 bridgehead atoms. The zero-order chi connectivity index (χ0) is 10.3. The molecular formula is C10H14O4. The number of esters is 2. The second-order valence-corrected chi connectivity index (χ2v) is 4.27. The zero-order valence-electron chi connectivity index (χ0n) is 8.41. The summed E-state index contributed by atoms with van der Waals surface area (Å²) in [5.41, 5.74) is -0.363. The van der Waals surface area contributed by atoms with Gasteiger partial charge in [-0.1, -0.05) is 0 Å². The van der Waals surface area contributed by atoms with Crippen LogP contribution in [0.1, 0.15) is 19.3 Å². The smallest absolute Gasteiger partial charge is 0.311 e. The maximum atomic E-state index is 11.5. The van der Waals surface area contributed by atoms with Gasteiger partial charge in [0.15, 0.2) is 0 Å². The van der Waals surface area contributed by atoms with Crippen LogP contribution in [0.5, 0.6) is 0 Å². The minimum absolute atomic E-state index is 0.0842. The molecule has 3 rings (SSSR count). The van der Waals surface area contributed by atoms with Crippen molar-refractivity contribution in [2.45, 2.75) is 19.3 Å². The quantitative estimate of drug-likeness (QED) is 0.614. The summed E-state index contributed by atoms with van der Waals surface area (Å²) in [7, 11) is 2.79. The number of hydrogen-bond donors (Lipinski definition) is 0. The monoisotopic (exact) mass is 198 g/mol. The summed E-state index contributed by atoms with van der Waals surface area (Å²) < 4.78 is 9.44. The molecule has 78 valence electrons. The Bertz CT molecular complexity index is 278. The van der Waals surface area contributed by atoms with E-state index in [4.69, 9.17) is 9.47 Å². The van der Waals surface area contributed by atoms with Gasteiger partial charge >= 0.3 is 11.9 Å². The highest BCUT2D eigenvalue weighted by atomic mass is 16.5. The van der Waals surface area contributed by atoms with Crippen molar-refractivity contribution in [2.24, 2.45) is 17.3 Å². The van der Waals surface area contributed by atoms with Crippen molar-refractivity contribution in [2.75, 3.05) is 14.2 Å². The molecule has 0 aromatic heterocycles. The highest BCUT2D eigenvalue weighted by molar-refractivity contribution is 5.83. The molecule has 1 atom stereocenters. The fraction of sp³-hybridized carbons (Fsp3) is 0.800. The van der Waals surface area contributed by atoms with Gasteiger partial charge in [-0.25, -0.2) is 0 Å². The number of carbonyl (C=O) groups excluding carboxylic acids is 2. The summed E-state index contributed by atoms with van der Waals surface area (Å²) in [6.45, 7) is 0. The molecule has 3 saturated carbocycles. The van der Waals surface area contributed by atoms with Gasteiger partial charge in [-0.3, -0.25) is 9.59 Å². The van der Waals surface area contributed by atoms with E-state index < -0.39 is 0 Å². The van der Waals surface area contributed by atoms with E-state index in [1.54, 1.807) is 0 Å². The van der Waals surface area contributed by atoms with Crippen LogP contribution in [-0.2, 0) is 19.1 Å². The molecule has 3 fully saturated rings. The molecule has 0 amide bonds. The molecule has 0 aromatic rings. The molecule has 14 heavy (non-hydrogen) atoms. The first-order valence-corrected chi connectivity index (χ1v) is 4.79. The summed E-state index contributed by atoms with van der Waals surface area (Å²) in [5.74, 6) is -0.0981. The second-order valence-electron chi connectivity index (χ2n) is 4.27. The largest absolute Gasteiger partial charge is 0.469 e. The van der Waals surface area contributed by atoms with Crippen LogP contribution < -0.4 is 0 Å². The minimum atomic E-state index is -0.363. The predicted octanol–water partition coefficient (Wildman–Crippen LogP) is 0.749. The Morgan fingerprint density at radius 3 is 2.29 bits per heavy atom. The van der Waals surface area contributed by atoms with Gasteiger partial charge in [-0.2, -0.15) is 0 Å². The summed E-state index contributed by atoms with van der Waals surface area (Å²) in [6, 6.07) is 0. The highest BCUT2D eigenvalue weighted by Gasteiger charge is 2.63. The van der Waals surface area contributed by atoms with E-state index in [-0.39, 0.29) is 23.3 Å². The van der Waals surface area contributed by atoms with Gasteiger partial charge in [0.1, 0.15) is 0 Å². The lowest BCUT2D eigenvalue weighted by molar-refractivity contribution is -0.157. The van der Waals surface area contributed by atoms with E-state index in [1.807, 2.05) is 0 Å². The van der Waals surface area contributed by atoms with Gasteiger partial charge in [0.2, 0.25) is 0 Å². The number of ether oxygens (including phenoxy) is 2. The molecular weight excluding hydrogens is 184 g/mol. The van der Waals surface area contributed by atoms with Crippen molar-refractivity contribution < 1.29 is 19.1 Å². The predicted molar refractivity (Wildman–Crippen MR) is 47.3 cm³/mol. The Morgan fingerprint density at radius 2 is 1.79 bits per heavy atom. The second kappa shape index (κ2) is 2.97. The van der Waals surface area contributed by atoms with E-state index in [0.717, 1.165) is 12.8 Å². The third-order valence-corrected chi connectivity index (χ3v) is 3.61. The number of fused-ring (bicyclic) bond motifs is 1. The SMILES string of the molecule is COC(=O)C1CC2(C(=O)OC)CC1C2. The van der Waals surface area contributed by atoms with Crippen LogP contribution in [0.15, 0.2) is 0 Å². The Labute approximate surface area is 82.6 Å². The molecule has 0 radical (unpaired) electrons. The molecule has 4 nitrogen and oxygen atoms in total. The van der Waals surface area contributed by atoms with E-state index in [0.29, 0.717) is 12.3 Å². The van der Waals surface area contributed by atoms with Crippen LogP contribution in [0.25, 0.3) is 0 Å². The normalized spacial score (nSPS) is 38.7. The first-order chi connectivity index (χ1) is 6.63. The number of rotatable bonds is 2.